The summed E-state index contributed by atoms with van der Waals surface area (Å²) in [6.45, 7) is 3.70. The molecule has 0 unspecified atom stereocenters. The van der Waals surface area contributed by atoms with E-state index in [2.05, 4.69) is 28.8 Å². The van der Waals surface area contributed by atoms with Crippen LogP contribution >= 0.6 is 0 Å². The fourth-order valence-corrected chi connectivity index (χ4v) is 1.52. The Hall–Kier alpha value is -1.15. The molecule has 1 aromatic carbocycles. The molecule has 13 heavy (non-hydrogen) atoms. The molecule has 2 rings (SSSR count). The third kappa shape index (κ3) is 2.16. The number of hydrogen-bond donors (Lipinski definition) is 0. The summed E-state index contributed by atoms with van der Waals surface area (Å²) in [5.74, 6) is 0. The summed E-state index contributed by atoms with van der Waals surface area (Å²) < 4.78 is 7.65. The summed E-state index contributed by atoms with van der Waals surface area (Å²) in [6.07, 6.45) is 0. The van der Waals surface area contributed by atoms with Crippen molar-refractivity contribution in [3.63, 3.8) is 0 Å². The molecular formula is C11H14NO+. The average Bonchev–Trinajstić information content (AvgIpc) is 2.47. The maximum atomic E-state index is 5.30. The van der Waals surface area contributed by atoms with E-state index < -0.39 is 0 Å². The minimum atomic E-state index is 0.846. The van der Waals surface area contributed by atoms with E-state index in [1.165, 1.54) is 5.36 Å². The minimum absolute atomic E-state index is 0.846. The Morgan fingerprint density at radius 2 is 1.54 bits per heavy atom. The second kappa shape index (κ2) is 4.19. The molecular weight excluding hydrogens is 162 g/mol. The Labute approximate surface area is 78.1 Å². The van der Waals surface area contributed by atoms with Gasteiger partial charge in [-0.25, -0.2) is 4.58 Å². The van der Waals surface area contributed by atoms with Gasteiger partial charge in [0.1, 0.15) is 13.2 Å². The predicted octanol–water partition coefficient (Wildman–Crippen LogP) is 0.489. The first-order valence-electron chi connectivity index (χ1n) is 4.68. The lowest BCUT2D eigenvalue weighted by molar-refractivity contribution is 0.0966. The number of ether oxygens (including phenoxy) is 1. The minimum Gasteiger partial charge on any atom is -0.368 e. The van der Waals surface area contributed by atoms with E-state index in [-0.39, 0.29) is 0 Å². The van der Waals surface area contributed by atoms with Crippen LogP contribution in [-0.2, 0) is 4.74 Å². The van der Waals surface area contributed by atoms with Crippen molar-refractivity contribution in [1.82, 2.24) is 4.58 Å². The Morgan fingerprint density at radius 1 is 0.923 bits per heavy atom. The Kier molecular flexibility index (Phi) is 2.72. The quantitative estimate of drug-likeness (QED) is 0.524. The van der Waals surface area contributed by atoms with Crippen molar-refractivity contribution in [2.75, 3.05) is 26.3 Å². The van der Waals surface area contributed by atoms with Crippen LogP contribution < -0.4 is 9.93 Å². The second-order valence-electron chi connectivity index (χ2n) is 3.13. The molecule has 0 amide bonds. The normalized spacial score (nSPS) is 17.1. The second-order valence-corrected chi connectivity index (χ2v) is 3.13. The van der Waals surface area contributed by atoms with Crippen molar-refractivity contribution in [2.24, 2.45) is 0 Å². The van der Waals surface area contributed by atoms with Gasteiger partial charge in [0, 0.05) is 12.1 Å². The van der Waals surface area contributed by atoms with Crippen LogP contribution in [0, 0.1) is 0 Å². The molecule has 1 aliphatic heterocycles. The molecule has 0 radical (unpaired) electrons. The summed E-state index contributed by atoms with van der Waals surface area (Å²) in [7, 11) is 0. The summed E-state index contributed by atoms with van der Waals surface area (Å²) >= 11 is 0. The van der Waals surface area contributed by atoms with Crippen LogP contribution in [0.25, 0.3) is 0 Å². The lowest BCUT2D eigenvalue weighted by Gasteiger charge is -2.09. The van der Waals surface area contributed by atoms with Crippen molar-refractivity contribution in [3.05, 3.63) is 41.8 Å². The molecule has 1 heterocycles. The molecule has 0 spiro atoms. The number of hydrogen-bond acceptors (Lipinski definition) is 1. The van der Waals surface area contributed by atoms with E-state index >= 15 is 0 Å². The molecule has 1 saturated heterocycles. The van der Waals surface area contributed by atoms with E-state index in [4.69, 9.17) is 4.74 Å². The molecule has 0 aromatic heterocycles. The van der Waals surface area contributed by atoms with Gasteiger partial charge in [0.2, 0.25) is 0 Å². The lowest BCUT2D eigenvalue weighted by Crippen LogP contribution is -2.39. The summed E-state index contributed by atoms with van der Waals surface area (Å²) in [5.41, 5.74) is 0. The molecule has 1 fully saturated rings. The van der Waals surface area contributed by atoms with Crippen LogP contribution in [0.3, 0.4) is 0 Å². The van der Waals surface area contributed by atoms with Crippen molar-refractivity contribution in [1.29, 1.82) is 0 Å². The molecule has 68 valence electrons. The first-order chi connectivity index (χ1) is 6.47. The Bertz CT molecular complexity index is 316. The van der Waals surface area contributed by atoms with Crippen LogP contribution in [0.2, 0.25) is 0 Å². The monoisotopic (exact) mass is 176 g/mol. The van der Waals surface area contributed by atoms with E-state index in [0.717, 1.165) is 26.3 Å². The smallest absolute Gasteiger partial charge is 0.200 e. The van der Waals surface area contributed by atoms with Gasteiger partial charge in [-0.2, -0.15) is 0 Å². The van der Waals surface area contributed by atoms with Crippen molar-refractivity contribution < 1.29 is 4.74 Å². The van der Waals surface area contributed by atoms with Gasteiger partial charge >= 0.3 is 0 Å². The SMILES string of the molecule is c1cccc(=[N+]2CCOCC2)cc1. The van der Waals surface area contributed by atoms with Gasteiger partial charge in [-0.15, -0.1) is 0 Å². The molecule has 0 bridgehead atoms. The third-order valence-corrected chi connectivity index (χ3v) is 2.24. The summed E-state index contributed by atoms with van der Waals surface area (Å²) in [6, 6.07) is 12.5. The van der Waals surface area contributed by atoms with Gasteiger partial charge in [0.05, 0.1) is 0 Å². The van der Waals surface area contributed by atoms with E-state index in [1.807, 2.05) is 12.1 Å². The molecule has 2 nitrogen and oxygen atoms in total. The first-order valence-corrected chi connectivity index (χ1v) is 4.68. The Balaban J connectivity index is 2.42. The van der Waals surface area contributed by atoms with Gasteiger partial charge in [0.15, 0.2) is 18.4 Å². The fourth-order valence-electron chi connectivity index (χ4n) is 1.52. The first kappa shape index (κ1) is 8.45. The highest BCUT2D eigenvalue weighted by molar-refractivity contribution is 5.00. The lowest BCUT2D eigenvalue weighted by atomic mass is 10.4. The van der Waals surface area contributed by atoms with Crippen LogP contribution in [0.5, 0.6) is 0 Å². The molecule has 2 heteroatoms. The van der Waals surface area contributed by atoms with Crippen LogP contribution in [-0.4, -0.2) is 26.3 Å². The van der Waals surface area contributed by atoms with Gasteiger partial charge in [-0.05, 0) is 0 Å². The molecule has 0 aliphatic carbocycles. The average molecular weight is 176 g/mol. The molecule has 0 saturated carbocycles. The van der Waals surface area contributed by atoms with E-state index in [1.54, 1.807) is 0 Å². The number of rotatable bonds is 0. The van der Waals surface area contributed by atoms with Gasteiger partial charge in [-0.3, -0.25) is 0 Å². The Morgan fingerprint density at radius 3 is 2.15 bits per heavy atom. The molecule has 0 atom stereocenters. The predicted molar refractivity (Wildman–Crippen MR) is 52.3 cm³/mol. The topological polar surface area (TPSA) is 12.2 Å². The van der Waals surface area contributed by atoms with Crippen molar-refractivity contribution >= 4 is 0 Å². The summed E-state index contributed by atoms with van der Waals surface area (Å²) in [4.78, 5) is 0. The van der Waals surface area contributed by atoms with Gasteiger partial charge < -0.3 is 4.74 Å². The van der Waals surface area contributed by atoms with Crippen LogP contribution in [0.15, 0.2) is 36.4 Å². The van der Waals surface area contributed by atoms with Crippen molar-refractivity contribution in [2.45, 2.75) is 0 Å². The van der Waals surface area contributed by atoms with Crippen LogP contribution in [0.1, 0.15) is 0 Å². The van der Waals surface area contributed by atoms with Crippen molar-refractivity contribution in [3.8, 4) is 0 Å². The number of nitrogens with zero attached hydrogens (tertiary/aromatic N) is 1. The van der Waals surface area contributed by atoms with Crippen LogP contribution in [0.4, 0.5) is 0 Å². The summed E-state index contributed by atoms with van der Waals surface area (Å²) in [5, 5.41) is 1.29. The number of morpholine rings is 1. The van der Waals surface area contributed by atoms with Gasteiger partial charge in [-0.1, -0.05) is 24.3 Å². The highest BCUT2D eigenvalue weighted by Gasteiger charge is 2.10. The third-order valence-electron chi connectivity index (χ3n) is 2.24. The zero-order valence-electron chi connectivity index (χ0n) is 7.65. The molecule has 0 N–H and O–H groups in total. The molecule has 1 aliphatic rings. The zero-order chi connectivity index (χ0) is 8.93. The van der Waals surface area contributed by atoms with E-state index in [9.17, 15) is 0 Å². The fraction of sp³-hybridized carbons (Fsp3) is 0.364. The standard InChI is InChI=1S/C11H14NO/c1-2-4-6-11(5-3-1)12-7-9-13-10-8-12/h1-6H,7-10H2/q+1. The maximum Gasteiger partial charge on any atom is 0.200 e. The largest absolute Gasteiger partial charge is 0.368 e. The highest BCUT2D eigenvalue weighted by atomic mass is 16.5. The zero-order valence-corrected chi connectivity index (χ0v) is 7.65. The molecule has 1 aromatic rings. The maximum absolute atomic E-state index is 5.30. The van der Waals surface area contributed by atoms with E-state index in [0.29, 0.717) is 0 Å². The highest BCUT2D eigenvalue weighted by Crippen LogP contribution is 1.85. The van der Waals surface area contributed by atoms with Gasteiger partial charge in [0.25, 0.3) is 0 Å².